The van der Waals surface area contributed by atoms with Gasteiger partial charge in [0.15, 0.2) is 0 Å². The molecule has 2 atom stereocenters. The summed E-state index contributed by atoms with van der Waals surface area (Å²) in [6, 6.07) is 6.25. The first kappa shape index (κ1) is 26.6. The van der Waals surface area contributed by atoms with Crippen LogP contribution in [0.5, 0.6) is 5.75 Å². The van der Waals surface area contributed by atoms with E-state index in [4.69, 9.17) is 0 Å². The van der Waals surface area contributed by atoms with E-state index in [0.29, 0.717) is 35.6 Å². The second kappa shape index (κ2) is 10.7. The number of likely N-dealkylation sites (tertiary alicyclic amines) is 1. The monoisotopic (exact) mass is 501 g/mol. The van der Waals surface area contributed by atoms with Crippen molar-refractivity contribution in [2.45, 2.75) is 53.7 Å². The number of nitrogens with zero attached hydrogens (tertiary/aromatic N) is 3. The highest BCUT2D eigenvalue weighted by molar-refractivity contribution is 7.15. The molecule has 186 valence electrons. The van der Waals surface area contributed by atoms with Crippen LogP contribution in [0.2, 0.25) is 0 Å². The molecule has 1 aromatic carbocycles. The Morgan fingerprint density at radius 1 is 1.43 bits per heavy atom. The molecule has 1 aliphatic heterocycles. The van der Waals surface area contributed by atoms with Gasteiger partial charge in [0.1, 0.15) is 10.8 Å². The van der Waals surface area contributed by atoms with E-state index in [1.54, 1.807) is 13.1 Å². The minimum Gasteiger partial charge on any atom is -0.481 e. The van der Waals surface area contributed by atoms with Crippen molar-refractivity contribution in [2.75, 3.05) is 13.1 Å². The van der Waals surface area contributed by atoms with E-state index in [9.17, 15) is 23.9 Å². The van der Waals surface area contributed by atoms with Gasteiger partial charge in [-0.1, -0.05) is 20.8 Å². The van der Waals surface area contributed by atoms with Gasteiger partial charge in [0, 0.05) is 37.1 Å². The second-order valence-electron chi connectivity index (χ2n) is 9.96. The first-order chi connectivity index (χ1) is 16.5. The van der Waals surface area contributed by atoms with Crippen LogP contribution in [-0.4, -0.2) is 40.7 Å². The topological polar surface area (TPSA) is 86.5 Å². The predicted octanol–water partition coefficient (Wildman–Crippen LogP) is 5.64. The highest BCUT2D eigenvalue weighted by Crippen LogP contribution is 2.44. The van der Waals surface area contributed by atoms with Gasteiger partial charge < -0.3 is 9.84 Å². The molecule has 1 saturated heterocycles. The number of rotatable bonds is 7. The normalized spacial score (nSPS) is 20.7. The average molecular weight is 502 g/mol. The number of hydrogen-bond donors (Lipinski definition) is 1. The molecule has 2 aromatic rings. The Balaban J connectivity index is 1.91. The summed E-state index contributed by atoms with van der Waals surface area (Å²) in [7, 11) is 0. The third-order valence-electron chi connectivity index (χ3n) is 6.41. The number of alkyl halides is 2. The first-order valence-electron chi connectivity index (χ1n) is 11.3. The van der Waals surface area contributed by atoms with Gasteiger partial charge in [0.25, 0.3) is 0 Å². The van der Waals surface area contributed by atoms with Crippen LogP contribution in [0.25, 0.3) is 10.6 Å². The maximum absolute atomic E-state index is 12.9. The number of thiazole rings is 1. The average Bonchev–Trinajstić information content (AvgIpc) is 3.25. The number of nitriles is 1. The Morgan fingerprint density at radius 2 is 2.17 bits per heavy atom. The van der Waals surface area contributed by atoms with E-state index in [2.05, 4.69) is 47.2 Å². The first-order valence-corrected chi connectivity index (χ1v) is 12.1. The van der Waals surface area contributed by atoms with Gasteiger partial charge in [0.2, 0.25) is 0 Å². The number of carboxylic acid groups (broad SMARTS) is 1. The van der Waals surface area contributed by atoms with E-state index < -0.39 is 18.0 Å². The molecule has 9 heteroatoms. The summed E-state index contributed by atoms with van der Waals surface area (Å²) in [4.78, 5) is 19.8. The smallest absolute Gasteiger partial charge is 0.387 e. The van der Waals surface area contributed by atoms with E-state index in [-0.39, 0.29) is 23.5 Å². The standard InChI is InChI=1S/C26H29F2N3O3S/c1-5-6-9-26(23(32)33)11-18(25(2,3)4)14-31(16-26)15-19-13-30-22(35-19)20-10-17(12-29)7-8-21(20)34-24(27)28/h7-8,10,13,18,24H,9,11,14-16H2,1-4H3,(H,32,33)/t18?,26-/m1/s1. The SMILES string of the molecule is CC#CC[C@@]1(C(=O)O)CC(C(C)(C)C)CN(Cc2cnc(-c3cc(C#N)ccc3OC(F)F)s2)C1. The lowest BCUT2D eigenvalue weighted by molar-refractivity contribution is -0.155. The summed E-state index contributed by atoms with van der Waals surface area (Å²) < 4.78 is 30.4. The van der Waals surface area contributed by atoms with Gasteiger partial charge in [-0.2, -0.15) is 14.0 Å². The fourth-order valence-electron chi connectivity index (χ4n) is 4.41. The molecule has 0 aliphatic carbocycles. The Bertz CT molecular complexity index is 1170. The fraction of sp³-hybridized carbons (Fsp3) is 0.500. The highest BCUT2D eigenvalue weighted by atomic mass is 32.1. The molecule has 0 saturated carbocycles. The molecule has 1 aromatic heterocycles. The second-order valence-corrected chi connectivity index (χ2v) is 11.1. The van der Waals surface area contributed by atoms with Crippen LogP contribution >= 0.6 is 11.3 Å². The lowest BCUT2D eigenvalue weighted by Crippen LogP contribution is -2.53. The van der Waals surface area contributed by atoms with Crippen molar-refractivity contribution in [3.05, 3.63) is 34.8 Å². The van der Waals surface area contributed by atoms with Crippen molar-refractivity contribution < 1.29 is 23.4 Å². The minimum atomic E-state index is -3.00. The molecular weight excluding hydrogens is 472 g/mol. The van der Waals surface area contributed by atoms with Crippen molar-refractivity contribution in [3.8, 4) is 34.2 Å². The number of hydrogen-bond acceptors (Lipinski definition) is 6. The molecule has 35 heavy (non-hydrogen) atoms. The number of carboxylic acids is 1. The molecule has 3 rings (SSSR count). The zero-order valence-electron chi connectivity index (χ0n) is 20.3. The molecule has 6 nitrogen and oxygen atoms in total. The number of aromatic nitrogens is 1. The molecule has 1 N–H and O–H groups in total. The molecule has 0 bridgehead atoms. The number of benzene rings is 1. The zero-order chi connectivity index (χ0) is 25.8. The maximum atomic E-state index is 12.9. The molecular formula is C26H29F2N3O3S. The van der Waals surface area contributed by atoms with Gasteiger partial charge in [0.05, 0.1) is 22.6 Å². The van der Waals surface area contributed by atoms with Gasteiger partial charge in [-0.15, -0.1) is 23.2 Å². The molecule has 0 spiro atoms. The fourth-order valence-corrected chi connectivity index (χ4v) is 5.39. The van der Waals surface area contributed by atoms with Crippen molar-refractivity contribution in [2.24, 2.45) is 16.7 Å². The van der Waals surface area contributed by atoms with Crippen molar-refractivity contribution in [1.82, 2.24) is 9.88 Å². The van der Waals surface area contributed by atoms with Crippen molar-refractivity contribution >= 4 is 17.3 Å². The van der Waals surface area contributed by atoms with Crippen molar-refractivity contribution in [3.63, 3.8) is 0 Å². The summed E-state index contributed by atoms with van der Waals surface area (Å²) in [6.07, 6.45) is 2.51. The van der Waals surface area contributed by atoms with E-state index >= 15 is 0 Å². The third-order valence-corrected chi connectivity index (χ3v) is 7.43. The summed E-state index contributed by atoms with van der Waals surface area (Å²) >= 11 is 1.31. The Hall–Kier alpha value is -3.01. The van der Waals surface area contributed by atoms with Gasteiger partial charge >= 0.3 is 12.6 Å². The predicted molar refractivity (Wildman–Crippen MR) is 130 cm³/mol. The molecule has 1 fully saturated rings. The van der Waals surface area contributed by atoms with E-state index in [1.165, 1.54) is 29.5 Å². The van der Waals surface area contributed by atoms with Gasteiger partial charge in [-0.05, 0) is 42.9 Å². The zero-order valence-corrected chi connectivity index (χ0v) is 21.1. The van der Waals surface area contributed by atoms with Crippen LogP contribution in [0.3, 0.4) is 0 Å². The quantitative estimate of drug-likeness (QED) is 0.495. The van der Waals surface area contributed by atoms with Crippen LogP contribution in [0, 0.1) is 39.9 Å². The number of carbonyl (C=O) groups is 1. The van der Waals surface area contributed by atoms with E-state index in [1.807, 2.05) is 6.07 Å². The maximum Gasteiger partial charge on any atom is 0.387 e. The molecule has 2 heterocycles. The van der Waals surface area contributed by atoms with Crippen LogP contribution in [-0.2, 0) is 11.3 Å². The van der Waals surface area contributed by atoms with E-state index in [0.717, 1.165) is 11.4 Å². The largest absolute Gasteiger partial charge is 0.481 e. The Labute approximate surface area is 208 Å². The summed E-state index contributed by atoms with van der Waals surface area (Å²) in [5.41, 5.74) is -0.418. The highest BCUT2D eigenvalue weighted by Gasteiger charge is 2.48. The number of aliphatic carboxylic acids is 1. The molecule has 0 radical (unpaired) electrons. The number of halogens is 2. The summed E-state index contributed by atoms with van der Waals surface area (Å²) in [5, 5.41) is 19.9. The number of piperidine rings is 1. The van der Waals surface area contributed by atoms with Gasteiger partial charge in [-0.3, -0.25) is 9.69 Å². The lowest BCUT2D eigenvalue weighted by atomic mass is 9.66. The Kier molecular flexibility index (Phi) is 8.15. The van der Waals surface area contributed by atoms with Crippen LogP contribution < -0.4 is 4.74 Å². The molecule has 0 amide bonds. The third kappa shape index (κ3) is 6.36. The summed E-state index contributed by atoms with van der Waals surface area (Å²) in [5.74, 6) is 5.08. The summed E-state index contributed by atoms with van der Waals surface area (Å²) in [6.45, 7) is 6.64. The van der Waals surface area contributed by atoms with Crippen LogP contribution in [0.1, 0.15) is 51.0 Å². The number of ether oxygens (including phenoxy) is 1. The molecule has 1 aliphatic rings. The molecule has 1 unspecified atom stereocenters. The Morgan fingerprint density at radius 3 is 2.77 bits per heavy atom. The van der Waals surface area contributed by atoms with Crippen LogP contribution in [0.4, 0.5) is 8.78 Å². The minimum absolute atomic E-state index is 0.0475. The van der Waals surface area contributed by atoms with Crippen LogP contribution in [0.15, 0.2) is 24.4 Å². The lowest BCUT2D eigenvalue weighted by Gasteiger charge is -2.47. The van der Waals surface area contributed by atoms with Gasteiger partial charge in [-0.25, -0.2) is 4.98 Å². The van der Waals surface area contributed by atoms with Crippen molar-refractivity contribution in [1.29, 1.82) is 5.26 Å².